The van der Waals surface area contributed by atoms with Crippen molar-refractivity contribution in [3.05, 3.63) is 23.0 Å². The SMILES string of the molecule is COc1c(C)cnc(CN2CCC(N(C)C(=O)CCl)CC2)c1C. The predicted molar refractivity (Wildman–Crippen MR) is 92.1 cm³/mol. The van der Waals surface area contributed by atoms with Crippen LogP contribution in [-0.2, 0) is 11.3 Å². The van der Waals surface area contributed by atoms with E-state index in [9.17, 15) is 4.79 Å². The number of methoxy groups -OCH3 is 1. The first-order valence-electron chi connectivity index (χ1n) is 8.01. The minimum atomic E-state index is 0.00546. The lowest BCUT2D eigenvalue weighted by molar-refractivity contribution is -0.130. The van der Waals surface area contributed by atoms with Gasteiger partial charge in [0, 0.05) is 50.0 Å². The second-order valence-electron chi connectivity index (χ2n) is 6.19. The van der Waals surface area contributed by atoms with Crippen LogP contribution < -0.4 is 4.74 Å². The molecule has 2 heterocycles. The van der Waals surface area contributed by atoms with Gasteiger partial charge in [-0.3, -0.25) is 14.7 Å². The summed E-state index contributed by atoms with van der Waals surface area (Å²) in [4.78, 5) is 20.4. The summed E-state index contributed by atoms with van der Waals surface area (Å²) in [7, 11) is 3.55. The maximum absolute atomic E-state index is 11.7. The summed E-state index contributed by atoms with van der Waals surface area (Å²) < 4.78 is 5.48. The van der Waals surface area contributed by atoms with Crippen LogP contribution in [0.3, 0.4) is 0 Å². The number of nitrogens with zero attached hydrogens (tertiary/aromatic N) is 3. The highest BCUT2D eigenvalue weighted by Crippen LogP contribution is 2.26. The molecular formula is C17H26ClN3O2. The molecule has 0 aliphatic carbocycles. The first kappa shape index (κ1) is 18.0. The number of aromatic nitrogens is 1. The van der Waals surface area contributed by atoms with Gasteiger partial charge in [-0.05, 0) is 26.7 Å². The topological polar surface area (TPSA) is 45.7 Å². The van der Waals surface area contributed by atoms with Gasteiger partial charge >= 0.3 is 0 Å². The molecule has 0 radical (unpaired) electrons. The van der Waals surface area contributed by atoms with Gasteiger partial charge < -0.3 is 9.64 Å². The van der Waals surface area contributed by atoms with Crippen molar-refractivity contribution in [3.63, 3.8) is 0 Å². The van der Waals surface area contributed by atoms with E-state index in [0.717, 1.165) is 55.0 Å². The Hall–Kier alpha value is -1.33. The third-order valence-electron chi connectivity index (χ3n) is 4.74. The summed E-state index contributed by atoms with van der Waals surface area (Å²) in [6.07, 6.45) is 3.82. The molecule has 23 heavy (non-hydrogen) atoms. The van der Waals surface area contributed by atoms with Crippen molar-refractivity contribution in [2.45, 2.75) is 39.3 Å². The molecule has 1 aromatic rings. The highest BCUT2D eigenvalue weighted by atomic mass is 35.5. The molecule has 0 saturated carbocycles. The lowest BCUT2D eigenvalue weighted by atomic mass is 10.0. The zero-order chi connectivity index (χ0) is 17.0. The number of likely N-dealkylation sites (tertiary alicyclic amines) is 1. The van der Waals surface area contributed by atoms with Crippen molar-refractivity contribution in [1.29, 1.82) is 0 Å². The van der Waals surface area contributed by atoms with Crippen molar-refractivity contribution in [1.82, 2.24) is 14.8 Å². The van der Waals surface area contributed by atoms with E-state index in [1.54, 1.807) is 12.0 Å². The molecule has 1 aliphatic heterocycles. The molecule has 128 valence electrons. The van der Waals surface area contributed by atoms with Crippen molar-refractivity contribution < 1.29 is 9.53 Å². The summed E-state index contributed by atoms with van der Waals surface area (Å²) in [5.41, 5.74) is 3.24. The van der Waals surface area contributed by atoms with Gasteiger partial charge in [0.1, 0.15) is 11.6 Å². The van der Waals surface area contributed by atoms with Crippen LogP contribution in [0.1, 0.15) is 29.7 Å². The quantitative estimate of drug-likeness (QED) is 0.773. The van der Waals surface area contributed by atoms with Crippen LogP contribution in [0.15, 0.2) is 6.20 Å². The third-order valence-corrected chi connectivity index (χ3v) is 4.96. The van der Waals surface area contributed by atoms with Gasteiger partial charge in [-0.2, -0.15) is 0 Å². The van der Waals surface area contributed by atoms with E-state index in [1.807, 2.05) is 20.2 Å². The number of alkyl halides is 1. The minimum absolute atomic E-state index is 0.00546. The number of hydrogen-bond donors (Lipinski definition) is 0. The molecule has 0 atom stereocenters. The molecule has 0 spiro atoms. The lowest BCUT2D eigenvalue weighted by Gasteiger charge is -2.36. The Morgan fingerprint density at radius 2 is 2.09 bits per heavy atom. The molecule has 1 fully saturated rings. The second kappa shape index (κ2) is 7.97. The fourth-order valence-electron chi connectivity index (χ4n) is 3.20. The molecule has 1 aromatic heterocycles. The standard InChI is InChI=1S/C17H26ClN3O2/c1-12-10-19-15(13(2)17(12)23-4)11-21-7-5-14(6-8-21)20(3)16(22)9-18/h10,14H,5-9,11H2,1-4H3. The molecule has 1 saturated heterocycles. The van der Waals surface area contributed by atoms with E-state index in [0.29, 0.717) is 6.04 Å². The lowest BCUT2D eigenvalue weighted by Crippen LogP contribution is -2.45. The van der Waals surface area contributed by atoms with Crippen molar-refractivity contribution in [3.8, 4) is 5.75 Å². The first-order chi connectivity index (χ1) is 11.0. The number of carbonyl (C=O) groups is 1. The van der Waals surface area contributed by atoms with Gasteiger partial charge in [0.25, 0.3) is 0 Å². The molecule has 6 heteroatoms. The first-order valence-corrected chi connectivity index (χ1v) is 8.54. The Labute approximate surface area is 143 Å². The van der Waals surface area contributed by atoms with Crippen molar-refractivity contribution in [2.75, 3.05) is 33.1 Å². The number of carbonyl (C=O) groups excluding carboxylic acids is 1. The van der Waals surface area contributed by atoms with E-state index in [-0.39, 0.29) is 11.8 Å². The summed E-state index contributed by atoms with van der Waals surface area (Å²) in [6, 6.07) is 0.291. The van der Waals surface area contributed by atoms with E-state index >= 15 is 0 Å². The number of amides is 1. The zero-order valence-corrected chi connectivity index (χ0v) is 15.2. The van der Waals surface area contributed by atoms with Crippen LogP contribution in [0.5, 0.6) is 5.75 Å². The smallest absolute Gasteiger partial charge is 0.237 e. The van der Waals surface area contributed by atoms with Gasteiger partial charge in [0.15, 0.2) is 0 Å². The number of piperidine rings is 1. The fraction of sp³-hybridized carbons (Fsp3) is 0.647. The highest BCUT2D eigenvalue weighted by molar-refractivity contribution is 6.27. The fourth-order valence-corrected chi connectivity index (χ4v) is 3.39. The minimum Gasteiger partial charge on any atom is -0.496 e. The summed E-state index contributed by atoms with van der Waals surface area (Å²) in [5, 5.41) is 0. The maximum atomic E-state index is 11.7. The second-order valence-corrected chi connectivity index (χ2v) is 6.46. The van der Waals surface area contributed by atoms with Gasteiger partial charge in [-0.25, -0.2) is 0 Å². The van der Waals surface area contributed by atoms with E-state index in [4.69, 9.17) is 16.3 Å². The van der Waals surface area contributed by atoms with Crippen LogP contribution in [0.25, 0.3) is 0 Å². The van der Waals surface area contributed by atoms with Gasteiger partial charge in [0.2, 0.25) is 5.91 Å². The Balaban J connectivity index is 1.96. The van der Waals surface area contributed by atoms with E-state index in [1.165, 1.54) is 0 Å². The largest absolute Gasteiger partial charge is 0.496 e. The molecule has 0 unspecified atom stereocenters. The molecule has 0 aromatic carbocycles. The van der Waals surface area contributed by atoms with E-state index < -0.39 is 0 Å². The zero-order valence-electron chi connectivity index (χ0n) is 14.4. The van der Waals surface area contributed by atoms with E-state index in [2.05, 4.69) is 16.8 Å². The molecule has 5 nitrogen and oxygen atoms in total. The van der Waals surface area contributed by atoms with Crippen molar-refractivity contribution in [2.24, 2.45) is 0 Å². The number of halogens is 1. The molecule has 1 amide bonds. The molecule has 0 N–H and O–H groups in total. The summed E-state index contributed by atoms with van der Waals surface area (Å²) >= 11 is 5.64. The number of hydrogen-bond acceptors (Lipinski definition) is 4. The average Bonchev–Trinajstić information content (AvgIpc) is 2.57. The van der Waals surface area contributed by atoms with Gasteiger partial charge in [-0.15, -0.1) is 11.6 Å². The summed E-state index contributed by atoms with van der Waals surface area (Å²) in [6.45, 7) is 6.82. The van der Waals surface area contributed by atoms with Gasteiger partial charge in [0.05, 0.1) is 12.8 Å². The molecular weight excluding hydrogens is 314 g/mol. The summed E-state index contributed by atoms with van der Waals surface area (Å²) in [5.74, 6) is 0.992. The highest BCUT2D eigenvalue weighted by Gasteiger charge is 2.25. The van der Waals surface area contributed by atoms with Crippen LogP contribution >= 0.6 is 11.6 Å². The Morgan fingerprint density at radius 1 is 1.43 bits per heavy atom. The van der Waals surface area contributed by atoms with Crippen LogP contribution in [0.2, 0.25) is 0 Å². The van der Waals surface area contributed by atoms with Crippen LogP contribution in [0, 0.1) is 13.8 Å². The van der Waals surface area contributed by atoms with Gasteiger partial charge in [-0.1, -0.05) is 0 Å². The predicted octanol–water partition coefficient (Wildman–Crippen LogP) is 2.37. The molecule has 2 rings (SSSR count). The maximum Gasteiger partial charge on any atom is 0.237 e. The Morgan fingerprint density at radius 3 is 2.65 bits per heavy atom. The molecule has 0 bridgehead atoms. The monoisotopic (exact) mass is 339 g/mol. The van der Waals surface area contributed by atoms with Crippen LogP contribution in [0.4, 0.5) is 0 Å². The average molecular weight is 340 g/mol. The Bertz CT molecular complexity index is 557. The number of ether oxygens (including phenoxy) is 1. The normalized spacial score (nSPS) is 16.4. The third kappa shape index (κ3) is 4.15. The van der Waals surface area contributed by atoms with Crippen LogP contribution in [-0.4, -0.2) is 59.9 Å². The van der Waals surface area contributed by atoms with Crippen molar-refractivity contribution >= 4 is 17.5 Å². The Kier molecular flexibility index (Phi) is 6.25. The number of aryl methyl sites for hydroxylation is 1. The number of rotatable bonds is 5. The number of pyridine rings is 1. The molecule has 1 aliphatic rings.